The lowest BCUT2D eigenvalue weighted by Gasteiger charge is -2.25. The van der Waals surface area contributed by atoms with E-state index in [4.69, 9.17) is 9.47 Å². The van der Waals surface area contributed by atoms with Crippen molar-refractivity contribution in [3.05, 3.63) is 23.8 Å². The van der Waals surface area contributed by atoms with E-state index in [1.54, 1.807) is 0 Å². The van der Waals surface area contributed by atoms with Crippen LogP contribution in [0.5, 0.6) is 11.5 Å². The molecule has 0 aromatic heterocycles. The molecule has 0 radical (unpaired) electrons. The van der Waals surface area contributed by atoms with Crippen LogP contribution in [0.15, 0.2) is 18.2 Å². The SMILES string of the molecule is CCCN(CCC)S(=O)(=O)NC(C)c1ccc2c(c1)OCCO2. The Hall–Kier alpha value is -1.31. The van der Waals surface area contributed by atoms with Gasteiger partial charge in [-0.3, -0.25) is 0 Å². The molecule has 7 heteroatoms. The average Bonchev–Trinajstić information content (AvgIpc) is 2.53. The number of nitrogens with one attached hydrogen (secondary N) is 1. The zero-order valence-corrected chi connectivity index (χ0v) is 14.9. The average molecular weight is 342 g/mol. The van der Waals surface area contributed by atoms with Crippen molar-refractivity contribution in [2.75, 3.05) is 26.3 Å². The number of rotatable bonds is 8. The molecule has 0 bridgehead atoms. The molecular formula is C16H26N2O4S. The van der Waals surface area contributed by atoms with Gasteiger partial charge in [0.2, 0.25) is 0 Å². The van der Waals surface area contributed by atoms with Crippen LogP contribution in [-0.2, 0) is 10.2 Å². The normalized spacial score (nSPS) is 15.7. The van der Waals surface area contributed by atoms with Gasteiger partial charge in [0.1, 0.15) is 13.2 Å². The molecule has 0 saturated carbocycles. The van der Waals surface area contributed by atoms with Gasteiger partial charge in [-0.25, -0.2) is 0 Å². The van der Waals surface area contributed by atoms with Crippen molar-refractivity contribution < 1.29 is 17.9 Å². The molecule has 1 heterocycles. The van der Waals surface area contributed by atoms with Crippen LogP contribution in [0, 0.1) is 0 Å². The van der Waals surface area contributed by atoms with E-state index in [-0.39, 0.29) is 6.04 Å². The summed E-state index contributed by atoms with van der Waals surface area (Å²) in [6.07, 6.45) is 1.58. The Balaban J connectivity index is 2.12. The lowest BCUT2D eigenvalue weighted by molar-refractivity contribution is 0.171. The fraction of sp³-hybridized carbons (Fsp3) is 0.625. The van der Waals surface area contributed by atoms with Crippen LogP contribution in [0.1, 0.15) is 45.2 Å². The van der Waals surface area contributed by atoms with Crippen LogP contribution < -0.4 is 14.2 Å². The summed E-state index contributed by atoms with van der Waals surface area (Å²) in [7, 11) is -3.50. The minimum absolute atomic E-state index is 0.341. The number of hydrogen-bond donors (Lipinski definition) is 1. The van der Waals surface area contributed by atoms with E-state index < -0.39 is 10.2 Å². The summed E-state index contributed by atoms with van der Waals surface area (Å²) in [5.74, 6) is 1.37. The van der Waals surface area contributed by atoms with E-state index in [1.165, 1.54) is 4.31 Å². The van der Waals surface area contributed by atoms with Gasteiger partial charge in [-0.1, -0.05) is 19.9 Å². The minimum atomic E-state index is -3.50. The summed E-state index contributed by atoms with van der Waals surface area (Å²) in [4.78, 5) is 0. The van der Waals surface area contributed by atoms with Crippen molar-refractivity contribution in [3.8, 4) is 11.5 Å². The van der Waals surface area contributed by atoms with Crippen molar-refractivity contribution in [1.29, 1.82) is 0 Å². The summed E-state index contributed by atoms with van der Waals surface area (Å²) in [6, 6.07) is 5.19. The zero-order valence-electron chi connectivity index (χ0n) is 14.0. The van der Waals surface area contributed by atoms with Crippen molar-refractivity contribution >= 4 is 10.2 Å². The second kappa shape index (κ2) is 7.99. The maximum atomic E-state index is 12.5. The molecular weight excluding hydrogens is 316 g/mol. The van der Waals surface area contributed by atoms with Gasteiger partial charge in [0.05, 0.1) is 0 Å². The smallest absolute Gasteiger partial charge is 0.279 e. The Morgan fingerprint density at radius 1 is 1.13 bits per heavy atom. The van der Waals surface area contributed by atoms with E-state index in [0.29, 0.717) is 37.8 Å². The molecule has 0 fully saturated rings. The number of benzene rings is 1. The lowest BCUT2D eigenvalue weighted by atomic mass is 10.1. The molecule has 130 valence electrons. The second-order valence-electron chi connectivity index (χ2n) is 5.65. The lowest BCUT2D eigenvalue weighted by Crippen LogP contribution is -2.42. The molecule has 0 amide bonds. The minimum Gasteiger partial charge on any atom is -0.486 e. The van der Waals surface area contributed by atoms with Crippen LogP contribution in [-0.4, -0.2) is 39.0 Å². The quantitative estimate of drug-likeness (QED) is 0.788. The molecule has 0 aliphatic carbocycles. The highest BCUT2D eigenvalue weighted by atomic mass is 32.2. The van der Waals surface area contributed by atoms with Gasteiger partial charge < -0.3 is 9.47 Å². The van der Waals surface area contributed by atoms with E-state index in [1.807, 2.05) is 39.0 Å². The first-order valence-corrected chi connectivity index (χ1v) is 9.59. The fourth-order valence-electron chi connectivity index (χ4n) is 2.55. The summed E-state index contributed by atoms with van der Waals surface area (Å²) < 4.78 is 40.4. The molecule has 0 spiro atoms. The Morgan fingerprint density at radius 3 is 2.35 bits per heavy atom. The Morgan fingerprint density at radius 2 is 1.74 bits per heavy atom. The van der Waals surface area contributed by atoms with Crippen molar-refractivity contribution in [2.45, 2.75) is 39.7 Å². The standard InChI is InChI=1S/C16H26N2O4S/c1-4-8-18(9-5-2)23(19,20)17-13(3)14-6-7-15-16(12-14)22-11-10-21-15/h6-7,12-13,17H,4-5,8-11H2,1-3H3. The van der Waals surface area contributed by atoms with Crippen LogP contribution in [0.3, 0.4) is 0 Å². The molecule has 1 atom stereocenters. The van der Waals surface area contributed by atoms with Gasteiger partial charge in [-0.15, -0.1) is 0 Å². The van der Waals surface area contributed by atoms with Crippen molar-refractivity contribution in [2.24, 2.45) is 0 Å². The van der Waals surface area contributed by atoms with E-state index in [2.05, 4.69) is 4.72 Å². The summed E-state index contributed by atoms with van der Waals surface area (Å²) >= 11 is 0. The molecule has 23 heavy (non-hydrogen) atoms. The monoisotopic (exact) mass is 342 g/mol. The molecule has 1 aromatic rings. The predicted molar refractivity (Wildman–Crippen MR) is 90.1 cm³/mol. The summed E-state index contributed by atoms with van der Waals surface area (Å²) in [5.41, 5.74) is 0.853. The topological polar surface area (TPSA) is 67.9 Å². The number of ether oxygens (including phenoxy) is 2. The molecule has 6 nitrogen and oxygen atoms in total. The first-order valence-electron chi connectivity index (χ1n) is 8.15. The first kappa shape index (κ1) is 18.0. The fourth-order valence-corrected chi connectivity index (χ4v) is 4.12. The Labute approximate surface area is 139 Å². The number of fused-ring (bicyclic) bond motifs is 1. The van der Waals surface area contributed by atoms with Gasteiger partial charge in [0.15, 0.2) is 11.5 Å². The second-order valence-corrected chi connectivity index (χ2v) is 7.35. The number of nitrogens with zero attached hydrogens (tertiary/aromatic N) is 1. The summed E-state index contributed by atoms with van der Waals surface area (Å²) in [5, 5.41) is 0. The highest BCUT2D eigenvalue weighted by Gasteiger charge is 2.24. The highest BCUT2D eigenvalue weighted by Crippen LogP contribution is 2.32. The molecule has 1 aliphatic heterocycles. The third-order valence-corrected chi connectivity index (χ3v) is 5.37. The van der Waals surface area contributed by atoms with E-state index in [9.17, 15) is 8.42 Å². The van der Waals surface area contributed by atoms with Gasteiger partial charge in [0, 0.05) is 19.1 Å². The van der Waals surface area contributed by atoms with Crippen LogP contribution in [0.2, 0.25) is 0 Å². The molecule has 1 N–H and O–H groups in total. The Kier molecular flexibility index (Phi) is 6.26. The number of hydrogen-bond acceptors (Lipinski definition) is 4. The predicted octanol–water partition coefficient (Wildman–Crippen LogP) is 2.48. The van der Waals surface area contributed by atoms with Crippen molar-refractivity contribution in [1.82, 2.24) is 9.03 Å². The van der Waals surface area contributed by atoms with Gasteiger partial charge in [-0.05, 0) is 37.5 Å². The first-order chi connectivity index (χ1) is 11.0. The largest absolute Gasteiger partial charge is 0.486 e. The van der Waals surface area contributed by atoms with Gasteiger partial charge in [0.25, 0.3) is 10.2 Å². The maximum absolute atomic E-state index is 12.5. The third kappa shape index (κ3) is 4.59. The van der Waals surface area contributed by atoms with Gasteiger partial charge >= 0.3 is 0 Å². The third-order valence-electron chi connectivity index (χ3n) is 3.68. The summed E-state index contributed by atoms with van der Waals surface area (Å²) in [6.45, 7) is 7.88. The molecule has 2 rings (SSSR count). The van der Waals surface area contributed by atoms with E-state index >= 15 is 0 Å². The van der Waals surface area contributed by atoms with Gasteiger partial charge in [-0.2, -0.15) is 17.4 Å². The van der Waals surface area contributed by atoms with E-state index in [0.717, 1.165) is 18.4 Å². The van der Waals surface area contributed by atoms with Crippen LogP contribution in [0.4, 0.5) is 0 Å². The van der Waals surface area contributed by atoms with Crippen molar-refractivity contribution in [3.63, 3.8) is 0 Å². The van der Waals surface area contributed by atoms with Crippen LogP contribution >= 0.6 is 0 Å². The van der Waals surface area contributed by atoms with Crippen LogP contribution in [0.25, 0.3) is 0 Å². The molecule has 1 aromatic carbocycles. The molecule has 1 aliphatic rings. The highest BCUT2D eigenvalue weighted by molar-refractivity contribution is 7.87. The maximum Gasteiger partial charge on any atom is 0.279 e. The zero-order chi connectivity index (χ0) is 16.9. The Bertz CT molecular complexity index is 613. The molecule has 0 saturated heterocycles. The molecule has 1 unspecified atom stereocenters.